The van der Waals surface area contributed by atoms with E-state index in [4.69, 9.17) is 4.74 Å². The van der Waals surface area contributed by atoms with E-state index in [-0.39, 0.29) is 43.4 Å². The normalized spacial score (nSPS) is 16.7. The van der Waals surface area contributed by atoms with E-state index in [2.05, 4.69) is 15.3 Å². The average Bonchev–Trinajstić information content (AvgIpc) is 3.13. The largest absolute Gasteiger partial charge is 0.458 e. The number of halogens is 2. The zero-order valence-electron chi connectivity index (χ0n) is 18.5. The average molecular weight is 460 g/mol. The summed E-state index contributed by atoms with van der Waals surface area (Å²) >= 11 is 0. The number of nitrogens with one attached hydrogen (secondary N) is 1. The Morgan fingerprint density at radius 3 is 2.76 bits per heavy atom. The number of carbonyl (C=O) groups is 3. The number of esters is 1. The van der Waals surface area contributed by atoms with Gasteiger partial charge in [0.1, 0.15) is 12.6 Å². The first-order chi connectivity index (χ1) is 15.8. The molecule has 0 bridgehead atoms. The predicted molar refractivity (Wildman–Crippen MR) is 113 cm³/mol. The quantitative estimate of drug-likeness (QED) is 0.577. The molecule has 1 saturated heterocycles. The van der Waals surface area contributed by atoms with Gasteiger partial charge in [0.05, 0.1) is 11.9 Å². The lowest BCUT2D eigenvalue weighted by Crippen LogP contribution is -2.47. The fourth-order valence-electron chi connectivity index (χ4n) is 3.66. The van der Waals surface area contributed by atoms with Crippen LogP contribution in [0.25, 0.3) is 0 Å². The van der Waals surface area contributed by atoms with E-state index >= 15 is 0 Å². The van der Waals surface area contributed by atoms with E-state index in [1.165, 1.54) is 35.6 Å². The van der Waals surface area contributed by atoms with E-state index in [1.807, 2.05) is 0 Å². The molecule has 8 nitrogen and oxygen atoms in total. The van der Waals surface area contributed by atoms with Gasteiger partial charge in [-0.3, -0.25) is 19.6 Å². The molecule has 1 aliphatic rings. The molecule has 1 fully saturated rings. The Morgan fingerprint density at radius 1 is 1.27 bits per heavy atom. The Hall–Kier alpha value is -3.43. The molecule has 1 N–H and O–H groups in total. The third-order valence-electron chi connectivity index (χ3n) is 5.46. The summed E-state index contributed by atoms with van der Waals surface area (Å²) in [5.74, 6) is -3.52. The van der Waals surface area contributed by atoms with Crippen LogP contribution < -0.4 is 5.32 Å². The molecule has 0 radical (unpaired) electrons. The van der Waals surface area contributed by atoms with E-state index in [0.29, 0.717) is 12.1 Å². The second kappa shape index (κ2) is 10.9. The van der Waals surface area contributed by atoms with Gasteiger partial charge in [-0.05, 0) is 18.4 Å². The summed E-state index contributed by atoms with van der Waals surface area (Å²) < 4.78 is 32.9. The zero-order valence-corrected chi connectivity index (χ0v) is 18.5. The smallest absolute Gasteiger partial charge is 0.329 e. The molecule has 0 saturated carbocycles. The van der Waals surface area contributed by atoms with Gasteiger partial charge in [-0.1, -0.05) is 26.0 Å². The molecule has 2 atom stereocenters. The second-order valence-electron chi connectivity index (χ2n) is 8.22. The summed E-state index contributed by atoms with van der Waals surface area (Å²) in [5.41, 5.74) is 0.521. The molecule has 2 amide bonds. The van der Waals surface area contributed by atoms with Gasteiger partial charge in [-0.25, -0.2) is 13.6 Å². The van der Waals surface area contributed by atoms with Crippen molar-refractivity contribution in [2.75, 3.05) is 0 Å². The minimum Gasteiger partial charge on any atom is -0.458 e. The summed E-state index contributed by atoms with van der Waals surface area (Å²) in [4.78, 5) is 46.9. The number of amides is 2. The Morgan fingerprint density at radius 2 is 2.06 bits per heavy atom. The summed E-state index contributed by atoms with van der Waals surface area (Å²) in [6.07, 6.45) is 5.01. The number of aromatic nitrogens is 2. The van der Waals surface area contributed by atoms with Gasteiger partial charge in [0.2, 0.25) is 11.8 Å². The fraction of sp³-hybridized carbons (Fsp3) is 0.435. The van der Waals surface area contributed by atoms with E-state index < -0.39 is 35.6 Å². The van der Waals surface area contributed by atoms with Crippen LogP contribution >= 0.6 is 0 Å². The topological polar surface area (TPSA) is 101 Å². The molecule has 0 aliphatic carbocycles. The molecular formula is C23H26F2N4O4. The minimum atomic E-state index is -1.01. The number of carbonyl (C=O) groups excluding carboxylic acids is 3. The van der Waals surface area contributed by atoms with Crippen LogP contribution in [0.1, 0.15) is 44.4 Å². The van der Waals surface area contributed by atoms with E-state index in [9.17, 15) is 23.2 Å². The van der Waals surface area contributed by atoms with Crippen LogP contribution in [-0.2, 0) is 32.3 Å². The van der Waals surface area contributed by atoms with Crippen LogP contribution in [0.2, 0.25) is 0 Å². The highest BCUT2D eigenvalue weighted by atomic mass is 19.2. The van der Waals surface area contributed by atoms with Crippen LogP contribution in [0.4, 0.5) is 8.78 Å². The monoisotopic (exact) mass is 460 g/mol. The molecule has 1 aromatic carbocycles. The van der Waals surface area contributed by atoms with Crippen molar-refractivity contribution in [2.45, 2.75) is 58.3 Å². The van der Waals surface area contributed by atoms with Gasteiger partial charge >= 0.3 is 5.97 Å². The predicted octanol–water partition coefficient (Wildman–Crippen LogP) is 2.52. The third kappa shape index (κ3) is 6.30. The summed E-state index contributed by atoms with van der Waals surface area (Å²) in [5, 5.41) is 2.68. The highest BCUT2D eigenvalue weighted by molar-refractivity contribution is 5.86. The number of benzene rings is 1. The van der Waals surface area contributed by atoms with Crippen molar-refractivity contribution in [1.82, 2.24) is 20.2 Å². The van der Waals surface area contributed by atoms with Crippen molar-refractivity contribution in [1.29, 1.82) is 0 Å². The molecule has 2 aromatic rings. The molecule has 3 rings (SSSR count). The SMILES string of the molecule is CC(C)[C@H](NC(=O)C[C@@H]1CCC(=O)N1Cc1cccc(F)c1F)C(=O)OCc1cnccn1. The fourth-order valence-corrected chi connectivity index (χ4v) is 3.66. The molecular weight excluding hydrogens is 434 g/mol. The number of rotatable bonds is 9. The van der Waals surface area contributed by atoms with E-state index in [0.717, 1.165) is 6.07 Å². The highest BCUT2D eigenvalue weighted by Gasteiger charge is 2.34. The van der Waals surface area contributed by atoms with Crippen molar-refractivity contribution >= 4 is 17.8 Å². The molecule has 1 aliphatic heterocycles. The van der Waals surface area contributed by atoms with Crippen molar-refractivity contribution in [3.8, 4) is 0 Å². The number of hydrogen-bond donors (Lipinski definition) is 1. The van der Waals surface area contributed by atoms with Gasteiger partial charge in [0.25, 0.3) is 0 Å². The third-order valence-corrected chi connectivity index (χ3v) is 5.46. The van der Waals surface area contributed by atoms with Crippen molar-refractivity contribution in [3.63, 3.8) is 0 Å². The Kier molecular flexibility index (Phi) is 8.02. The van der Waals surface area contributed by atoms with Crippen LogP contribution in [0, 0.1) is 17.6 Å². The number of nitrogens with zero attached hydrogens (tertiary/aromatic N) is 3. The molecule has 176 valence electrons. The van der Waals surface area contributed by atoms with E-state index in [1.54, 1.807) is 13.8 Å². The Labute approximate surface area is 190 Å². The maximum Gasteiger partial charge on any atom is 0.329 e. The maximum absolute atomic E-state index is 14.1. The van der Waals surface area contributed by atoms with Crippen LogP contribution in [0.3, 0.4) is 0 Å². The van der Waals surface area contributed by atoms with Crippen LogP contribution in [-0.4, -0.2) is 44.7 Å². The molecule has 10 heteroatoms. The molecule has 2 heterocycles. The Bertz CT molecular complexity index is 1000. The van der Waals surface area contributed by atoms with Crippen molar-refractivity contribution in [2.24, 2.45) is 5.92 Å². The van der Waals surface area contributed by atoms with Gasteiger partial charge in [0.15, 0.2) is 11.6 Å². The second-order valence-corrected chi connectivity index (χ2v) is 8.22. The molecule has 33 heavy (non-hydrogen) atoms. The summed E-state index contributed by atoms with van der Waals surface area (Å²) in [7, 11) is 0. The lowest BCUT2D eigenvalue weighted by Gasteiger charge is -2.26. The first-order valence-corrected chi connectivity index (χ1v) is 10.7. The minimum absolute atomic E-state index is 0.0447. The number of hydrogen-bond acceptors (Lipinski definition) is 6. The van der Waals surface area contributed by atoms with Crippen LogP contribution in [0.15, 0.2) is 36.8 Å². The number of ether oxygens (including phenoxy) is 1. The summed E-state index contributed by atoms with van der Waals surface area (Å²) in [6.45, 7) is 3.34. The van der Waals surface area contributed by atoms with Gasteiger partial charge in [-0.15, -0.1) is 0 Å². The standard InChI is InChI=1S/C23H26F2N4O4/c1-14(2)22(23(32)33-13-16-11-26-8-9-27-16)28-19(30)10-17-6-7-20(31)29(17)12-15-4-3-5-18(24)21(15)25/h3-5,8-9,11,14,17,22H,6-7,10,12-13H2,1-2H3,(H,28,30)/t17-,22-/m0/s1. The first-order valence-electron chi connectivity index (χ1n) is 10.7. The maximum atomic E-state index is 14.1. The van der Waals surface area contributed by atoms with Gasteiger partial charge in [-0.2, -0.15) is 0 Å². The van der Waals surface area contributed by atoms with Crippen LogP contribution in [0.5, 0.6) is 0 Å². The Balaban J connectivity index is 1.60. The lowest BCUT2D eigenvalue weighted by atomic mass is 10.0. The zero-order chi connectivity index (χ0) is 24.0. The highest BCUT2D eigenvalue weighted by Crippen LogP contribution is 2.25. The molecule has 1 aromatic heterocycles. The molecule has 0 unspecified atom stereocenters. The first kappa shape index (κ1) is 24.2. The lowest BCUT2D eigenvalue weighted by molar-refractivity contribution is -0.150. The van der Waals surface area contributed by atoms with Crippen molar-refractivity contribution in [3.05, 3.63) is 59.7 Å². The molecule has 0 spiro atoms. The van der Waals surface area contributed by atoms with Crippen molar-refractivity contribution < 1.29 is 27.9 Å². The summed E-state index contributed by atoms with van der Waals surface area (Å²) in [6, 6.07) is 2.41. The van der Waals surface area contributed by atoms with Gasteiger partial charge < -0.3 is 15.0 Å². The van der Waals surface area contributed by atoms with Gasteiger partial charge in [0, 0.05) is 43.4 Å². The number of likely N-dealkylation sites (tertiary alicyclic amines) is 1.